The second kappa shape index (κ2) is 7.46. The lowest BCUT2D eigenvalue weighted by Crippen LogP contribution is -2.36. The van der Waals surface area contributed by atoms with Crippen LogP contribution in [0, 0.1) is 0 Å². The van der Waals surface area contributed by atoms with Crippen molar-refractivity contribution in [3.05, 3.63) is 29.8 Å². The Kier molecular flexibility index (Phi) is 5.92. The monoisotopic (exact) mass is 297 g/mol. The van der Waals surface area contributed by atoms with Crippen molar-refractivity contribution in [3.63, 3.8) is 0 Å². The maximum atomic E-state index is 5.51. The summed E-state index contributed by atoms with van der Waals surface area (Å²) in [5.74, 6) is 3.50. The first-order valence-electron chi connectivity index (χ1n) is 6.89. The molecule has 0 bridgehead atoms. The minimum Gasteiger partial charge on any atom is -0.494 e. The molecule has 19 heavy (non-hydrogen) atoms. The van der Waals surface area contributed by atoms with E-state index >= 15 is 0 Å². The number of hydrogen-bond donors (Lipinski definition) is 1. The third-order valence-electron chi connectivity index (χ3n) is 3.43. The second-order valence-corrected chi connectivity index (χ2v) is 7.45. The summed E-state index contributed by atoms with van der Waals surface area (Å²) in [5, 5.41) is 4.83. The molecule has 4 heteroatoms. The number of nitrogens with one attached hydrogen (secondary N) is 1. The molecule has 1 fully saturated rings. The van der Waals surface area contributed by atoms with E-state index in [9.17, 15) is 0 Å². The first-order chi connectivity index (χ1) is 9.26. The molecule has 0 radical (unpaired) electrons. The van der Waals surface area contributed by atoms with E-state index in [0.717, 1.165) is 12.4 Å². The van der Waals surface area contributed by atoms with Crippen molar-refractivity contribution >= 4 is 23.5 Å². The van der Waals surface area contributed by atoms with Crippen molar-refractivity contribution in [2.75, 3.05) is 25.2 Å². The third-order valence-corrected chi connectivity index (χ3v) is 6.62. The minimum atomic E-state index is 0.420. The number of ether oxygens (including phenoxy) is 1. The van der Waals surface area contributed by atoms with Gasteiger partial charge in [-0.05, 0) is 31.7 Å². The summed E-state index contributed by atoms with van der Waals surface area (Å²) in [5.41, 5.74) is 1.36. The lowest BCUT2D eigenvalue weighted by atomic mass is 10.0. The molecular formula is C15H23NOS2. The lowest BCUT2D eigenvalue weighted by Gasteiger charge is -2.34. The first kappa shape index (κ1) is 15.1. The van der Waals surface area contributed by atoms with Crippen molar-refractivity contribution in [1.29, 1.82) is 0 Å². The summed E-state index contributed by atoms with van der Waals surface area (Å²) in [7, 11) is 2.06. The van der Waals surface area contributed by atoms with Crippen molar-refractivity contribution in [3.8, 4) is 5.75 Å². The van der Waals surface area contributed by atoms with Gasteiger partial charge in [0.25, 0.3) is 0 Å². The predicted molar refractivity (Wildman–Crippen MR) is 87.6 cm³/mol. The van der Waals surface area contributed by atoms with Crippen LogP contribution in [0.15, 0.2) is 24.3 Å². The highest BCUT2D eigenvalue weighted by Gasteiger charge is 2.30. The van der Waals surface area contributed by atoms with E-state index in [4.69, 9.17) is 4.74 Å². The van der Waals surface area contributed by atoms with E-state index in [0.29, 0.717) is 16.5 Å². The van der Waals surface area contributed by atoms with Crippen LogP contribution in [0.5, 0.6) is 5.75 Å². The molecule has 0 aromatic heterocycles. The second-order valence-electron chi connectivity index (χ2n) is 4.68. The molecule has 1 N–H and O–H groups in total. The zero-order chi connectivity index (χ0) is 13.7. The highest BCUT2D eigenvalue weighted by atomic mass is 32.2. The normalized spacial score (nSPS) is 25.0. The van der Waals surface area contributed by atoms with Crippen LogP contribution in [0.4, 0.5) is 0 Å². The minimum absolute atomic E-state index is 0.420. The van der Waals surface area contributed by atoms with Gasteiger partial charge in [0, 0.05) is 28.0 Å². The van der Waals surface area contributed by atoms with Gasteiger partial charge < -0.3 is 10.1 Å². The molecular weight excluding hydrogens is 274 g/mol. The number of rotatable bonds is 5. The fourth-order valence-electron chi connectivity index (χ4n) is 2.47. The molecule has 2 nitrogen and oxygen atoms in total. The molecule has 0 aliphatic carbocycles. The van der Waals surface area contributed by atoms with Gasteiger partial charge in [-0.15, -0.1) is 0 Å². The van der Waals surface area contributed by atoms with Crippen molar-refractivity contribution in [2.24, 2.45) is 0 Å². The van der Waals surface area contributed by atoms with Crippen LogP contribution >= 0.6 is 23.5 Å². The van der Waals surface area contributed by atoms with E-state index in [-0.39, 0.29) is 0 Å². The van der Waals surface area contributed by atoms with Gasteiger partial charge in [-0.25, -0.2) is 0 Å². The lowest BCUT2D eigenvalue weighted by molar-refractivity contribution is 0.340. The summed E-state index contributed by atoms with van der Waals surface area (Å²) in [6, 6.07) is 8.96. The summed E-state index contributed by atoms with van der Waals surface area (Å²) >= 11 is 4.19. The molecule has 3 unspecified atom stereocenters. The van der Waals surface area contributed by atoms with Crippen molar-refractivity contribution < 1.29 is 4.74 Å². The highest BCUT2D eigenvalue weighted by molar-refractivity contribution is 8.07. The smallest absolute Gasteiger partial charge is 0.119 e. The van der Waals surface area contributed by atoms with Crippen molar-refractivity contribution in [1.82, 2.24) is 5.32 Å². The van der Waals surface area contributed by atoms with Crippen LogP contribution in [-0.2, 0) is 0 Å². The van der Waals surface area contributed by atoms with E-state index < -0.39 is 0 Å². The van der Waals surface area contributed by atoms with Gasteiger partial charge >= 0.3 is 0 Å². The SMILES string of the molecule is CCOc1ccc(C(NC)C2SCCSC2C)cc1. The molecule has 1 saturated heterocycles. The Balaban J connectivity index is 2.11. The molecule has 1 aliphatic rings. The van der Waals surface area contributed by atoms with Crippen LogP contribution in [0.3, 0.4) is 0 Å². The molecule has 0 amide bonds. The molecule has 0 saturated carbocycles. The van der Waals surface area contributed by atoms with Crippen molar-refractivity contribution in [2.45, 2.75) is 30.4 Å². The summed E-state index contributed by atoms with van der Waals surface area (Å²) in [4.78, 5) is 0. The molecule has 2 rings (SSSR count). The Hall–Kier alpha value is -0.320. The van der Waals surface area contributed by atoms with Crippen LogP contribution in [0.2, 0.25) is 0 Å². The zero-order valence-corrected chi connectivity index (χ0v) is 13.5. The predicted octanol–water partition coefficient (Wildman–Crippen LogP) is 3.58. The van der Waals surface area contributed by atoms with Gasteiger partial charge in [-0.2, -0.15) is 23.5 Å². The van der Waals surface area contributed by atoms with Gasteiger partial charge in [-0.1, -0.05) is 19.1 Å². The number of benzene rings is 1. The quantitative estimate of drug-likeness (QED) is 0.896. The maximum absolute atomic E-state index is 5.51. The topological polar surface area (TPSA) is 21.3 Å². The average Bonchev–Trinajstić information content (AvgIpc) is 2.44. The molecule has 106 valence electrons. The van der Waals surface area contributed by atoms with E-state index in [1.165, 1.54) is 17.1 Å². The maximum Gasteiger partial charge on any atom is 0.119 e. The van der Waals surface area contributed by atoms with Gasteiger partial charge in [0.1, 0.15) is 5.75 Å². The standard InChI is InChI=1S/C15H23NOS2/c1-4-17-13-7-5-12(6-8-13)14(16-3)15-11(2)18-9-10-19-15/h5-8,11,14-16H,4,9-10H2,1-3H3. The van der Waals surface area contributed by atoms with E-state index in [1.54, 1.807) is 0 Å². The van der Waals surface area contributed by atoms with Gasteiger partial charge in [0.2, 0.25) is 0 Å². The fourth-order valence-corrected chi connectivity index (χ4v) is 5.46. The third kappa shape index (κ3) is 3.83. The summed E-state index contributed by atoms with van der Waals surface area (Å²) in [6.07, 6.45) is 0. The fraction of sp³-hybridized carbons (Fsp3) is 0.600. The first-order valence-corrected chi connectivity index (χ1v) is 8.99. The Morgan fingerprint density at radius 2 is 1.95 bits per heavy atom. The highest BCUT2D eigenvalue weighted by Crippen LogP contribution is 2.38. The Morgan fingerprint density at radius 1 is 1.26 bits per heavy atom. The van der Waals surface area contributed by atoms with Crippen LogP contribution in [0.1, 0.15) is 25.5 Å². The van der Waals surface area contributed by atoms with Gasteiger partial charge in [0.15, 0.2) is 0 Å². The average molecular weight is 297 g/mol. The molecule has 3 atom stereocenters. The molecule has 1 aromatic carbocycles. The van der Waals surface area contributed by atoms with Crippen LogP contribution in [-0.4, -0.2) is 35.7 Å². The van der Waals surface area contributed by atoms with Gasteiger partial charge in [0.05, 0.1) is 6.61 Å². The Labute approximate surface area is 125 Å². The van der Waals surface area contributed by atoms with E-state index in [2.05, 4.69) is 67.1 Å². The molecule has 1 aliphatic heterocycles. The van der Waals surface area contributed by atoms with Crippen LogP contribution in [0.25, 0.3) is 0 Å². The molecule has 1 aromatic rings. The number of thioether (sulfide) groups is 2. The Morgan fingerprint density at radius 3 is 2.53 bits per heavy atom. The zero-order valence-electron chi connectivity index (χ0n) is 11.9. The van der Waals surface area contributed by atoms with Gasteiger partial charge in [-0.3, -0.25) is 0 Å². The van der Waals surface area contributed by atoms with Crippen LogP contribution < -0.4 is 10.1 Å². The molecule has 1 heterocycles. The summed E-state index contributed by atoms with van der Waals surface area (Å²) < 4.78 is 5.51. The van der Waals surface area contributed by atoms with E-state index in [1.807, 2.05) is 6.92 Å². The Bertz CT molecular complexity index is 382. The molecule has 0 spiro atoms. The largest absolute Gasteiger partial charge is 0.494 e. The number of hydrogen-bond acceptors (Lipinski definition) is 4. The summed E-state index contributed by atoms with van der Waals surface area (Å²) in [6.45, 7) is 5.09.